The van der Waals surface area contributed by atoms with Crippen LogP contribution >= 0.6 is 11.6 Å². The third-order valence-corrected chi connectivity index (χ3v) is 3.32. The zero-order valence-corrected chi connectivity index (χ0v) is 10.00. The number of carbonyl (C=O) groups excluding carboxylic acids is 1. The van der Waals surface area contributed by atoms with Gasteiger partial charge in [-0.3, -0.25) is 4.79 Å². The van der Waals surface area contributed by atoms with Crippen LogP contribution in [0.25, 0.3) is 0 Å². The van der Waals surface area contributed by atoms with Crippen molar-refractivity contribution >= 4 is 17.5 Å². The molecule has 0 unspecified atom stereocenters. The summed E-state index contributed by atoms with van der Waals surface area (Å²) in [6, 6.07) is 7.61. The summed E-state index contributed by atoms with van der Waals surface area (Å²) in [5.74, 6) is 0.0309. The lowest BCUT2D eigenvalue weighted by molar-refractivity contribution is 0.0790. The van der Waals surface area contributed by atoms with E-state index in [1.165, 1.54) is 0 Å². The third-order valence-electron chi connectivity index (χ3n) is 2.99. The lowest BCUT2D eigenvalue weighted by atomic mass is 10.2. The Balaban J connectivity index is 2.12. The Morgan fingerprint density at radius 2 is 2.25 bits per heavy atom. The standard InChI is InChI=1S/C12H15ClN2O/c1-14-9-6-7-15(8-9)12(16)10-4-2-3-5-11(10)13/h2-5,9,14H,6-8H2,1H3/t9-/m0/s1. The molecule has 0 spiro atoms. The van der Waals surface area contributed by atoms with Crippen molar-refractivity contribution in [1.29, 1.82) is 0 Å². The van der Waals surface area contributed by atoms with Gasteiger partial charge in [-0.05, 0) is 25.6 Å². The van der Waals surface area contributed by atoms with E-state index in [2.05, 4.69) is 5.32 Å². The molecule has 1 aromatic carbocycles. The molecule has 1 aliphatic heterocycles. The largest absolute Gasteiger partial charge is 0.337 e. The van der Waals surface area contributed by atoms with Gasteiger partial charge in [-0.2, -0.15) is 0 Å². The first-order valence-electron chi connectivity index (χ1n) is 5.43. The van der Waals surface area contributed by atoms with Crippen molar-refractivity contribution in [2.45, 2.75) is 12.5 Å². The highest BCUT2D eigenvalue weighted by Crippen LogP contribution is 2.19. The molecular weight excluding hydrogens is 224 g/mol. The molecule has 1 saturated heterocycles. The molecule has 1 atom stereocenters. The molecule has 1 N–H and O–H groups in total. The highest BCUT2D eigenvalue weighted by molar-refractivity contribution is 6.33. The molecule has 0 aliphatic carbocycles. The van der Waals surface area contributed by atoms with Crippen molar-refractivity contribution in [2.24, 2.45) is 0 Å². The zero-order chi connectivity index (χ0) is 11.5. The molecule has 4 heteroatoms. The quantitative estimate of drug-likeness (QED) is 0.852. The van der Waals surface area contributed by atoms with Crippen LogP contribution in [0.2, 0.25) is 5.02 Å². The second-order valence-electron chi connectivity index (χ2n) is 4.01. The number of benzene rings is 1. The molecule has 2 rings (SSSR count). The minimum absolute atomic E-state index is 0.0309. The Hall–Kier alpha value is -1.06. The summed E-state index contributed by atoms with van der Waals surface area (Å²) in [7, 11) is 1.92. The molecule has 1 heterocycles. The molecule has 16 heavy (non-hydrogen) atoms. The summed E-state index contributed by atoms with van der Waals surface area (Å²) in [6.07, 6.45) is 1.01. The normalized spacial score (nSPS) is 20.1. The number of hydrogen-bond donors (Lipinski definition) is 1. The molecule has 86 valence electrons. The van der Waals surface area contributed by atoms with Crippen molar-refractivity contribution in [3.8, 4) is 0 Å². The van der Waals surface area contributed by atoms with E-state index in [1.54, 1.807) is 12.1 Å². The second kappa shape index (κ2) is 4.85. The Labute approximate surface area is 100 Å². The molecule has 1 fully saturated rings. The number of likely N-dealkylation sites (N-methyl/N-ethyl adjacent to an activating group) is 1. The van der Waals surface area contributed by atoms with Crippen molar-refractivity contribution in [3.05, 3.63) is 34.9 Å². The fourth-order valence-electron chi connectivity index (χ4n) is 1.99. The number of likely N-dealkylation sites (tertiary alicyclic amines) is 1. The first kappa shape index (κ1) is 11.4. The lowest BCUT2D eigenvalue weighted by Crippen LogP contribution is -2.33. The number of amides is 1. The number of nitrogens with one attached hydrogen (secondary N) is 1. The Kier molecular flexibility index (Phi) is 3.46. The van der Waals surface area contributed by atoms with Gasteiger partial charge in [0.2, 0.25) is 0 Å². The molecule has 1 amide bonds. The predicted molar refractivity (Wildman–Crippen MR) is 64.8 cm³/mol. The monoisotopic (exact) mass is 238 g/mol. The van der Waals surface area contributed by atoms with Gasteiger partial charge in [0.25, 0.3) is 5.91 Å². The van der Waals surface area contributed by atoms with Crippen molar-refractivity contribution < 1.29 is 4.79 Å². The van der Waals surface area contributed by atoms with Crippen LogP contribution < -0.4 is 5.32 Å². The van der Waals surface area contributed by atoms with Gasteiger partial charge in [0.15, 0.2) is 0 Å². The molecule has 1 aromatic rings. The van der Waals surface area contributed by atoms with Crippen molar-refractivity contribution in [1.82, 2.24) is 10.2 Å². The van der Waals surface area contributed by atoms with E-state index in [4.69, 9.17) is 11.6 Å². The Morgan fingerprint density at radius 3 is 2.88 bits per heavy atom. The fraction of sp³-hybridized carbons (Fsp3) is 0.417. The minimum Gasteiger partial charge on any atom is -0.337 e. The van der Waals surface area contributed by atoms with Crippen LogP contribution in [0.1, 0.15) is 16.8 Å². The van der Waals surface area contributed by atoms with Gasteiger partial charge in [-0.15, -0.1) is 0 Å². The lowest BCUT2D eigenvalue weighted by Gasteiger charge is -2.17. The van der Waals surface area contributed by atoms with E-state index in [0.717, 1.165) is 19.5 Å². The van der Waals surface area contributed by atoms with Crippen LogP contribution in [0.3, 0.4) is 0 Å². The topological polar surface area (TPSA) is 32.3 Å². The zero-order valence-electron chi connectivity index (χ0n) is 9.24. The molecule has 0 bridgehead atoms. The van der Waals surface area contributed by atoms with Crippen LogP contribution in [-0.2, 0) is 0 Å². The van der Waals surface area contributed by atoms with Gasteiger partial charge in [-0.25, -0.2) is 0 Å². The summed E-state index contributed by atoms with van der Waals surface area (Å²) < 4.78 is 0. The summed E-state index contributed by atoms with van der Waals surface area (Å²) in [6.45, 7) is 1.57. The van der Waals surface area contributed by atoms with Gasteiger partial charge in [0, 0.05) is 19.1 Å². The summed E-state index contributed by atoms with van der Waals surface area (Å²) in [4.78, 5) is 14.0. The van der Waals surface area contributed by atoms with Gasteiger partial charge in [0.1, 0.15) is 0 Å². The highest BCUT2D eigenvalue weighted by Gasteiger charge is 2.26. The van der Waals surface area contributed by atoms with Gasteiger partial charge >= 0.3 is 0 Å². The van der Waals surface area contributed by atoms with Crippen LogP contribution in [0.5, 0.6) is 0 Å². The van der Waals surface area contributed by atoms with E-state index in [-0.39, 0.29) is 5.91 Å². The average molecular weight is 239 g/mol. The highest BCUT2D eigenvalue weighted by atomic mass is 35.5. The van der Waals surface area contributed by atoms with Crippen molar-refractivity contribution in [2.75, 3.05) is 20.1 Å². The van der Waals surface area contributed by atoms with Crippen LogP contribution in [0, 0.1) is 0 Å². The Morgan fingerprint density at radius 1 is 1.50 bits per heavy atom. The summed E-state index contributed by atoms with van der Waals surface area (Å²) in [5, 5.41) is 3.72. The smallest absolute Gasteiger partial charge is 0.255 e. The average Bonchev–Trinajstić information content (AvgIpc) is 2.77. The predicted octanol–water partition coefficient (Wildman–Crippen LogP) is 1.77. The minimum atomic E-state index is 0.0309. The van der Waals surface area contributed by atoms with Crippen LogP contribution in [0.15, 0.2) is 24.3 Å². The number of nitrogens with zero attached hydrogens (tertiary/aromatic N) is 1. The molecule has 0 aromatic heterocycles. The molecule has 0 radical (unpaired) electrons. The molecule has 3 nitrogen and oxygen atoms in total. The first-order valence-corrected chi connectivity index (χ1v) is 5.81. The van der Waals surface area contributed by atoms with Gasteiger partial charge in [0.05, 0.1) is 10.6 Å². The second-order valence-corrected chi connectivity index (χ2v) is 4.41. The number of carbonyl (C=O) groups is 1. The molecule has 1 aliphatic rings. The first-order chi connectivity index (χ1) is 7.72. The maximum atomic E-state index is 12.1. The van der Waals surface area contributed by atoms with E-state index >= 15 is 0 Å². The van der Waals surface area contributed by atoms with E-state index < -0.39 is 0 Å². The van der Waals surface area contributed by atoms with Crippen LogP contribution in [-0.4, -0.2) is 37.0 Å². The third kappa shape index (κ3) is 2.20. The Bertz CT molecular complexity index is 394. The number of halogens is 1. The summed E-state index contributed by atoms with van der Waals surface area (Å²) in [5.41, 5.74) is 0.598. The maximum Gasteiger partial charge on any atom is 0.255 e. The van der Waals surface area contributed by atoms with Gasteiger partial charge < -0.3 is 10.2 Å². The van der Waals surface area contributed by atoms with Crippen LogP contribution in [0.4, 0.5) is 0 Å². The number of rotatable bonds is 2. The van der Waals surface area contributed by atoms with E-state index in [1.807, 2.05) is 24.1 Å². The number of hydrogen-bond acceptors (Lipinski definition) is 2. The van der Waals surface area contributed by atoms with E-state index in [9.17, 15) is 4.79 Å². The van der Waals surface area contributed by atoms with Crippen molar-refractivity contribution in [3.63, 3.8) is 0 Å². The SMILES string of the molecule is CN[C@H]1CCN(C(=O)c2ccccc2Cl)C1. The fourth-order valence-corrected chi connectivity index (χ4v) is 2.20. The summed E-state index contributed by atoms with van der Waals surface area (Å²) >= 11 is 6.00. The maximum absolute atomic E-state index is 12.1. The van der Waals surface area contributed by atoms with E-state index in [0.29, 0.717) is 16.6 Å². The van der Waals surface area contributed by atoms with Gasteiger partial charge in [-0.1, -0.05) is 23.7 Å². The molecule has 0 saturated carbocycles. The molecular formula is C12H15ClN2O.